The molecule has 1 aromatic carbocycles. The van der Waals surface area contributed by atoms with Crippen LogP contribution in [-0.4, -0.2) is 58.8 Å². The predicted octanol–water partition coefficient (Wildman–Crippen LogP) is 5.36. The van der Waals surface area contributed by atoms with Crippen molar-refractivity contribution in [3.05, 3.63) is 59.3 Å². The summed E-state index contributed by atoms with van der Waals surface area (Å²) in [4.78, 5) is 34.1. The number of ether oxygens (including phenoxy) is 2. The van der Waals surface area contributed by atoms with Crippen LogP contribution in [0, 0.1) is 23.2 Å². The number of benzene rings is 1. The standard InChI is InChI=1S/C34H47N3O5/c1-33(2,3)24-17-16-21(30(36-24)41-7)18-35-26-25(34(4,5)6)28(32(39)40)37(27(26)20-12-9-8-10-13-20)31(38)29-23-15-11-14-22(23)19-42-29/h8-10,12-13,16-17,22-23,25-29,35H,11,14-15,18-19H2,1-7H3,(H,39,40)/t22-,23-,25-,26-,27-,28-,29+/m0/s1. The van der Waals surface area contributed by atoms with Crippen molar-refractivity contribution in [3.63, 3.8) is 0 Å². The van der Waals surface area contributed by atoms with E-state index < -0.39 is 29.6 Å². The molecule has 2 aliphatic heterocycles. The molecule has 3 aliphatic rings. The number of fused-ring (bicyclic) bond motifs is 1. The molecule has 1 amide bonds. The molecule has 228 valence electrons. The molecule has 1 aromatic heterocycles. The summed E-state index contributed by atoms with van der Waals surface area (Å²) >= 11 is 0. The third-order valence-electron chi connectivity index (χ3n) is 9.58. The molecule has 0 bridgehead atoms. The first-order chi connectivity index (χ1) is 19.8. The van der Waals surface area contributed by atoms with Gasteiger partial charge in [0, 0.05) is 35.2 Å². The summed E-state index contributed by atoms with van der Waals surface area (Å²) in [7, 11) is 1.62. The summed E-state index contributed by atoms with van der Waals surface area (Å²) < 4.78 is 11.8. The Balaban J connectivity index is 1.56. The number of amides is 1. The van der Waals surface area contributed by atoms with Gasteiger partial charge in [-0.25, -0.2) is 9.78 Å². The number of nitrogens with one attached hydrogen (secondary N) is 1. The highest BCUT2D eigenvalue weighted by Gasteiger charge is 2.60. The number of carboxylic acids is 1. The lowest BCUT2D eigenvalue weighted by Crippen LogP contribution is -2.51. The van der Waals surface area contributed by atoms with Gasteiger partial charge in [0.15, 0.2) is 0 Å². The lowest BCUT2D eigenvalue weighted by molar-refractivity contribution is -0.157. The average Bonchev–Trinajstić information content (AvgIpc) is 3.64. The Labute approximate surface area is 250 Å². The van der Waals surface area contributed by atoms with Gasteiger partial charge in [0.2, 0.25) is 5.88 Å². The van der Waals surface area contributed by atoms with Crippen LogP contribution in [0.4, 0.5) is 0 Å². The maximum absolute atomic E-state index is 14.5. The fraction of sp³-hybridized carbons (Fsp3) is 0.618. The van der Waals surface area contributed by atoms with E-state index in [9.17, 15) is 14.7 Å². The molecule has 3 fully saturated rings. The van der Waals surface area contributed by atoms with Gasteiger partial charge in [-0.1, -0.05) is 84.4 Å². The summed E-state index contributed by atoms with van der Waals surface area (Å²) in [5.41, 5.74) is 2.18. The van der Waals surface area contributed by atoms with Gasteiger partial charge in [-0.15, -0.1) is 0 Å². The van der Waals surface area contributed by atoms with Crippen LogP contribution in [-0.2, 0) is 26.3 Å². The minimum absolute atomic E-state index is 0.128. The second kappa shape index (κ2) is 11.6. The summed E-state index contributed by atoms with van der Waals surface area (Å²) in [5.74, 6) is -0.478. The van der Waals surface area contributed by atoms with E-state index >= 15 is 0 Å². The molecule has 3 heterocycles. The number of methoxy groups -OCH3 is 1. The molecule has 5 rings (SSSR count). The van der Waals surface area contributed by atoms with E-state index in [0.29, 0.717) is 24.9 Å². The van der Waals surface area contributed by atoms with Crippen molar-refractivity contribution in [3.8, 4) is 5.88 Å². The molecule has 8 nitrogen and oxygen atoms in total. The number of aromatic nitrogens is 1. The lowest BCUT2D eigenvalue weighted by Gasteiger charge is -2.35. The van der Waals surface area contributed by atoms with Gasteiger partial charge in [0.25, 0.3) is 5.91 Å². The van der Waals surface area contributed by atoms with E-state index in [1.165, 1.54) is 0 Å². The first-order valence-electron chi connectivity index (χ1n) is 15.3. The molecule has 0 unspecified atom stereocenters. The van der Waals surface area contributed by atoms with Crippen LogP contribution >= 0.6 is 0 Å². The molecule has 8 heteroatoms. The number of hydrogen-bond acceptors (Lipinski definition) is 6. The first kappa shape index (κ1) is 30.5. The monoisotopic (exact) mass is 577 g/mol. The Bertz CT molecular complexity index is 1280. The second-order valence-corrected chi connectivity index (χ2v) is 14.4. The molecule has 2 aromatic rings. The van der Waals surface area contributed by atoms with Gasteiger partial charge in [0.1, 0.15) is 12.1 Å². The van der Waals surface area contributed by atoms with Crippen LogP contribution in [0.1, 0.15) is 83.7 Å². The molecule has 2 saturated heterocycles. The van der Waals surface area contributed by atoms with Crippen LogP contribution in [0.25, 0.3) is 0 Å². The maximum atomic E-state index is 14.5. The van der Waals surface area contributed by atoms with Gasteiger partial charge in [-0.05, 0) is 41.7 Å². The molecular weight excluding hydrogens is 530 g/mol. The number of hydrogen-bond donors (Lipinski definition) is 2. The number of carbonyl (C=O) groups excluding carboxylic acids is 1. The fourth-order valence-corrected chi connectivity index (χ4v) is 7.58. The van der Waals surface area contributed by atoms with Crippen molar-refractivity contribution < 1.29 is 24.2 Å². The van der Waals surface area contributed by atoms with Crippen LogP contribution < -0.4 is 10.1 Å². The van der Waals surface area contributed by atoms with E-state index in [2.05, 4.69) is 46.9 Å². The zero-order chi connectivity index (χ0) is 30.4. The van der Waals surface area contributed by atoms with E-state index in [1.54, 1.807) is 12.0 Å². The second-order valence-electron chi connectivity index (χ2n) is 14.4. The number of pyridine rings is 1. The SMILES string of the molecule is COc1nc(C(C)(C)C)ccc1CN[C@H]1[C@H](C(C)(C)C)[C@@H](C(=O)O)N(C(=O)[C@@H]2OC[C@@H]3CCC[C@@H]32)[C@H]1c1ccccc1. The Morgan fingerprint density at radius 1 is 1.07 bits per heavy atom. The molecule has 2 N–H and O–H groups in total. The highest BCUT2D eigenvalue weighted by molar-refractivity contribution is 5.88. The van der Waals surface area contributed by atoms with Crippen molar-refractivity contribution in [2.45, 2.75) is 97.0 Å². The summed E-state index contributed by atoms with van der Waals surface area (Å²) in [6.45, 7) is 13.5. The maximum Gasteiger partial charge on any atom is 0.326 e. The van der Waals surface area contributed by atoms with Crippen molar-refractivity contribution >= 4 is 11.9 Å². The highest BCUT2D eigenvalue weighted by atomic mass is 16.5. The number of rotatable bonds is 7. The van der Waals surface area contributed by atoms with E-state index in [0.717, 1.165) is 36.1 Å². The first-order valence-corrected chi connectivity index (χ1v) is 15.3. The summed E-state index contributed by atoms with van der Waals surface area (Å²) in [6, 6.07) is 12.1. The smallest absolute Gasteiger partial charge is 0.326 e. The van der Waals surface area contributed by atoms with Crippen LogP contribution in [0.5, 0.6) is 5.88 Å². The number of carboxylic acid groups (broad SMARTS) is 1. The normalized spacial score (nSPS) is 29.5. The minimum atomic E-state index is -1.01. The van der Waals surface area contributed by atoms with Crippen LogP contribution in [0.2, 0.25) is 0 Å². The van der Waals surface area contributed by atoms with Crippen molar-refractivity contribution in [1.29, 1.82) is 0 Å². The van der Waals surface area contributed by atoms with Gasteiger partial charge in [-0.3, -0.25) is 4.79 Å². The molecule has 1 saturated carbocycles. The highest BCUT2D eigenvalue weighted by Crippen LogP contribution is 2.50. The minimum Gasteiger partial charge on any atom is -0.481 e. The van der Waals surface area contributed by atoms with Crippen LogP contribution in [0.3, 0.4) is 0 Å². The van der Waals surface area contributed by atoms with Gasteiger partial charge in [0.05, 0.1) is 19.8 Å². The number of likely N-dealkylation sites (tertiary alicyclic amines) is 1. The zero-order valence-corrected chi connectivity index (χ0v) is 26.1. The molecular formula is C34H47N3O5. The third kappa shape index (κ3) is 5.68. The van der Waals surface area contributed by atoms with E-state index in [-0.39, 0.29) is 29.2 Å². The Kier molecular flexibility index (Phi) is 8.42. The van der Waals surface area contributed by atoms with E-state index in [1.807, 2.05) is 42.5 Å². The van der Waals surface area contributed by atoms with Crippen molar-refractivity contribution in [2.24, 2.45) is 23.2 Å². The summed E-state index contributed by atoms with van der Waals surface area (Å²) in [6.07, 6.45) is 2.51. The number of carbonyl (C=O) groups is 2. The quantitative estimate of drug-likeness (QED) is 0.457. The Morgan fingerprint density at radius 2 is 1.79 bits per heavy atom. The third-order valence-corrected chi connectivity index (χ3v) is 9.58. The fourth-order valence-electron chi connectivity index (χ4n) is 7.58. The Morgan fingerprint density at radius 3 is 2.40 bits per heavy atom. The summed E-state index contributed by atoms with van der Waals surface area (Å²) in [5, 5.41) is 14.5. The molecule has 7 atom stereocenters. The number of nitrogens with zero attached hydrogens (tertiary/aromatic N) is 2. The number of aliphatic carboxylic acids is 1. The largest absolute Gasteiger partial charge is 0.481 e. The van der Waals surface area contributed by atoms with Crippen molar-refractivity contribution in [2.75, 3.05) is 13.7 Å². The molecule has 0 spiro atoms. The van der Waals surface area contributed by atoms with Gasteiger partial charge >= 0.3 is 5.97 Å². The van der Waals surface area contributed by atoms with Gasteiger partial charge in [-0.2, -0.15) is 0 Å². The zero-order valence-electron chi connectivity index (χ0n) is 26.1. The average molecular weight is 578 g/mol. The molecule has 42 heavy (non-hydrogen) atoms. The van der Waals surface area contributed by atoms with Crippen molar-refractivity contribution in [1.82, 2.24) is 15.2 Å². The molecule has 1 aliphatic carbocycles. The van der Waals surface area contributed by atoms with Gasteiger partial charge < -0.3 is 24.8 Å². The predicted molar refractivity (Wildman–Crippen MR) is 161 cm³/mol. The van der Waals surface area contributed by atoms with Crippen LogP contribution in [0.15, 0.2) is 42.5 Å². The Hall–Kier alpha value is -2.97. The molecule has 0 radical (unpaired) electrons. The topological polar surface area (TPSA) is 101 Å². The lowest BCUT2D eigenvalue weighted by atomic mass is 9.72. The van der Waals surface area contributed by atoms with E-state index in [4.69, 9.17) is 14.5 Å².